The summed E-state index contributed by atoms with van der Waals surface area (Å²) in [5.41, 5.74) is 3.74. The molecule has 3 aromatic rings. The number of nitrogens with zero attached hydrogens (tertiary/aromatic N) is 2. The number of thiophene rings is 1. The Hall–Kier alpha value is -2.25. The zero-order valence-corrected chi connectivity index (χ0v) is 12.7. The van der Waals surface area contributed by atoms with E-state index < -0.39 is 0 Å². The zero-order chi connectivity index (χ0) is 15.1. The minimum Gasteiger partial charge on any atom is -0.226 e. The van der Waals surface area contributed by atoms with E-state index in [1.165, 1.54) is 35.4 Å². The summed E-state index contributed by atoms with van der Waals surface area (Å²) in [6.45, 7) is 0. The number of benzene rings is 1. The molecule has 0 spiro atoms. The first-order valence-corrected chi connectivity index (χ1v) is 8.19. The number of aryl methyl sites for hydroxylation is 2. The van der Waals surface area contributed by atoms with Crippen molar-refractivity contribution < 1.29 is 4.39 Å². The second-order valence-electron chi connectivity index (χ2n) is 5.56. The van der Waals surface area contributed by atoms with Gasteiger partial charge in [0.25, 0.3) is 0 Å². The Balaban J connectivity index is 2.05. The Morgan fingerprint density at radius 3 is 2.68 bits per heavy atom. The van der Waals surface area contributed by atoms with Gasteiger partial charge in [0.05, 0.1) is 0 Å². The molecular formula is C18H13FN2S. The molecule has 2 aromatic heterocycles. The normalized spacial score (nSPS) is 13.8. The van der Waals surface area contributed by atoms with E-state index >= 15 is 0 Å². The van der Waals surface area contributed by atoms with Crippen molar-refractivity contribution >= 4 is 21.6 Å². The van der Waals surface area contributed by atoms with Crippen LogP contribution in [0.3, 0.4) is 0 Å². The lowest BCUT2D eigenvalue weighted by Gasteiger charge is -2.12. The number of hydrogen-bond acceptors (Lipinski definition) is 3. The summed E-state index contributed by atoms with van der Waals surface area (Å²) < 4.78 is 13.2. The first-order chi connectivity index (χ1) is 10.8. The predicted octanol–water partition coefficient (Wildman–Crippen LogP) is 4.85. The highest BCUT2D eigenvalue weighted by Gasteiger charge is 2.20. The van der Waals surface area contributed by atoms with E-state index in [0.717, 1.165) is 34.2 Å². The van der Waals surface area contributed by atoms with Gasteiger partial charge in [0.15, 0.2) is 0 Å². The molecule has 108 valence electrons. The minimum absolute atomic E-state index is 0.248. The average molecular weight is 308 g/mol. The summed E-state index contributed by atoms with van der Waals surface area (Å²) in [4.78, 5) is 6.82. The summed E-state index contributed by atoms with van der Waals surface area (Å²) in [5, 5.41) is 10.4. The molecule has 0 atom stereocenters. The number of rotatable bonds is 1. The van der Waals surface area contributed by atoms with Crippen LogP contribution in [0.2, 0.25) is 0 Å². The van der Waals surface area contributed by atoms with Crippen molar-refractivity contribution in [2.24, 2.45) is 0 Å². The minimum atomic E-state index is -0.248. The van der Waals surface area contributed by atoms with Crippen molar-refractivity contribution in [3.05, 3.63) is 52.3 Å². The van der Waals surface area contributed by atoms with Gasteiger partial charge in [-0.15, -0.1) is 11.3 Å². The number of halogens is 1. The predicted molar refractivity (Wildman–Crippen MR) is 86.4 cm³/mol. The molecule has 0 unspecified atom stereocenters. The van der Waals surface area contributed by atoms with Gasteiger partial charge in [-0.1, -0.05) is 12.1 Å². The molecule has 0 saturated carbocycles. The number of aromatic nitrogens is 1. The Bertz CT molecular complexity index is 903. The van der Waals surface area contributed by atoms with Gasteiger partial charge in [-0.3, -0.25) is 0 Å². The lowest BCUT2D eigenvalue weighted by atomic mass is 9.92. The van der Waals surface area contributed by atoms with Gasteiger partial charge in [-0.2, -0.15) is 5.26 Å². The fraction of sp³-hybridized carbons (Fsp3) is 0.222. The highest BCUT2D eigenvalue weighted by Crippen LogP contribution is 2.40. The molecule has 0 N–H and O–H groups in total. The van der Waals surface area contributed by atoms with Crippen LogP contribution < -0.4 is 0 Å². The van der Waals surface area contributed by atoms with Gasteiger partial charge in [-0.05, 0) is 60.6 Å². The van der Waals surface area contributed by atoms with Crippen LogP contribution in [0.5, 0.6) is 0 Å². The second kappa shape index (κ2) is 5.19. The molecule has 0 saturated heterocycles. The van der Waals surface area contributed by atoms with Crippen LogP contribution in [-0.2, 0) is 12.8 Å². The van der Waals surface area contributed by atoms with Crippen LogP contribution in [0.1, 0.15) is 29.0 Å². The molecule has 22 heavy (non-hydrogen) atoms. The molecule has 4 rings (SSSR count). The lowest BCUT2D eigenvalue weighted by molar-refractivity contribution is 0.628. The fourth-order valence-corrected chi connectivity index (χ4v) is 4.46. The molecule has 1 aromatic carbocycles. The largest absolute Gasteiger partial charge is 0.226 e. The third kappa shape index (κ3) is 2.10. The maximum Gasteiger partial charge on any atom is 0.142 e. The number of hydrogen-bond donors (Lipinski definition) is 0. The summed E-state index contributed by atoms with van der Waals surface area (Å²) in [6.07, 6.45) is 4.58. The Morgan fingerprint density at radius 1 is 1.14 bits per heavy atom. The van der Waals surface area contributed by atoms with Crippen molar-refractivity contribution in [3.8, 4) is 17.2 Å². The summed E-state index contributed by atoms with van der Waals surface area (Å²) in [7, 11) is 0. The molecule has 1 aliphatic rings. The Morgan fingerprint density at radius 2 is 1.91 bits per heavy atom. The Kier molecular flexibility index (Phi) is 3.16. The van der Waals surface area contributed by atoms with Gasteiger partial charge < -0.3 is 0 Å². The molecule has 4 heteroatoms. The van der Waals surface area contributed by atoms with Crippen molar-refractivity contribution in [3.63, 3.8) is 0 Å². The van der Waals surface area contributed by atoms with Gasteiger partial charge in [0.1, 0.15) is 22.4 Å². The lowest BCUT2D eigenvalue weighted by Crippen LogP contribution is -1.99. The van der Waals surface area contributed by atoms with Gasteiger partial charge >= 0.3 is 0 Å². The van der Waals surface area contributed by atoms with E-state index in [2.05, 4.69) is 11.1 Å². The highest BCUT2D eigenvalue weighted by atomic mass is 32.1. The number of nitriles is 1. The van der Waals surface area contributed by atoms with Gasteiger partial charge in [-0.25, -0.2) is 9.37 Å². The van der Waals surface area contributed by atoms with E-state index in [0.29, 0.717) is 5.69 Å². The molecule has 0 aliphatic heterocycles. The van der Waals surface area contributed by atoms with Gasteiger partial charge in [0.2, 0.25) is 0 Å². The highest BCUT2D eigenvalue weighted by molar-refractivity contribution is 7.19. The maximum absolute atomic E-state index is 13.2. The molecule has 0 fully saturated rings. The van der Waals surface area contributed by atoms with Crippen LogP contribution in [0.25, 0.3) is 21.3 Å². The van der Waals surface area contributed by atoms with Gasteiger partial charge in [0, 0.05) is 10.3 Å². The third-order valence-electron chi connectivity index (χ3n) is 4.19. The summed E-state index contributed by atoms with van der Waals surface area (Å²) >= 11 is 1.70. The molecule has 0 amide bonds. The zero-order valence-electron chi connectivity index (χ0n) is 11.9. The van der Waals surface area contributed by atoms with Crippen LogP contribution in [0.15, 0.2) is 30.3 Å². The van der Waals surface area contributed by atoms with E-state index in [9.17, 15) is 9.65 Å². The number of pyridine rings is 1. The van der Waals surface area contributed by atoms with Crippen molar-refractivity contribution in [1.82, 2.24) is 4.98 Å². The molecular weight excluding hydrogens is 295 g/mol. The van der Waals surface area contributed by atoms with Crippen molar-refractivity contribution in [2.75, 3.05) is 0 Å². The summed E-state index contributed by atoms with van der Waals surface area (Å²) in [6, 6.07) is 10.5. The molecule has 2 heterocycles. The first-order valence-electron chi connectivity index (χ1n) is 7.37. The smallest absolute Gasteiger partial charge is 0.142 e. The second-order valence-corrected chi connectivity index (χ2v) is 6.65. The van der Waals surface area contributed by atoms with E-state index in [1.54, 1.807) is 23.5 Å². The topological polar surface area (TPSA) is 36.7 Å². The van der Waals surface area contributed by atoms with Crippen LogP contribution in [-0.4, -0.2) is 4.98 Å². The molecule has 0 bridgehead atoms. The van der Waals surface area contributed by atoms with Crippen molar-refractivity contribution in [1.29, 1.82) is 5.26 Å². The average Bonchev–Trinajstić information content (AvgIpc) is 2.93. The monoisotopic (exact) mass is 308 g/mol. The van der Waals surface area contributed by atoms with E-state index in [4.69, 9.17) is 0 Å². The first kappa shape index (κ1) is 13.4. The quantitative estimate of drug-likeness (QED) is 0.644. The Labute approximate surface area is 131 Å². The number of fused-ring (bicyclic) bond motifs is 3. The van der Waals surface area contributed by atoms with E-state index in [1.807, 2.05) is 6.07 Å². The third-order valence-corrected chi connectivity index (χ3v) is 5.38. The fourth-order valence-electron chi connectivity index (χ4n) is 3.17. The molecule has 2 nitrogen and oxygen atoms in total. The summed E-state index contributed by atoms with van der Waals surface area (Å²) in [5.74, 6) is -0.248. The van der Waals surface area contributed by atoms with E-state index in [-0.39, 0.29) is 5.82 Å². The molecule has 1 aliphatic carbocycles. The van der Waals surface area contributed by atoms with Crippen LogP contribution in [0, 0.1) is 17.1 Å². The van der Waals surface area contributed by atoms with Crippen LogP contribution in [0.4, 0.5) is 4.39 Å². The standard InChI is InChI=1S/C18H13FN2S/c19-12-7-5-11(6-8-12)15-9-13(10-20)21-18-17(15)14-3-1-2-4-16(14)22-18/h5-9H,1-4H2. The SMILES string of the molecule is N#Cc1cc(-c2ccc(F)cc2)c2c3c(sc2n1)CCCC3. The molecule has 0 radical (unpaired) electrons. The van der Waals surface area contributed by atoms with Crippen LogP contribution >= 0.6 is 11.3 Å². The maximum atomic E-state index is 13.2. The van der Waals surface area contributed by atoms with Crippen molar-refractivity contribution in [2.45, 2.75) is 25.7 Å².